The SMILES string of the molecule is CNC(=O)C1CCN(c2nc[nH]c(=O)c2Cl)CC1. The maximum absolute atomic E-state index is 11.5. The Morgan fingerprint density at radius 3 is 2.83 bits per heavy atom. The highest BCUT2D eigenvalue weighted by molar-refractivity contribution is 6.32. The fraction of sp³-hybridized carbons (Fsp3) is 0.545. The molecule has 0 radical (unpaired) electrons. The molecular formula is C11H15ClN4O2. The zero-order valence-electron chi connectivity index (χ0n) is 10.1. The van der Waals surface area contributed by atoms with Crippen LogP contribution < -0.4 is 15.8 Å². The molecule has 1 aromatic heterocycles. The van der Waals surface area contributed by atoms with Gasteiger partial charge in [-0.15, -0.1) is 0 Å². The number of amides is 1. The molecular weight excluding hydrogens is 256 g/mol. The lowest BCUT2D eigenvalue weighted by atomic mass is 9.96. The van der Waals surface area contributed by atoms with Crippen LogP contribution in [0.15, 0.2) is 11.1 Å². The van der Waals surface area contributed by atoms with Gasteiger partial charge < -0.3 is 15.2 Å². The van der Waals surface area contributed by atoms with E-state index >= 15 is 0 Å². The molecule has 1 amide bonds. The molecule has 7 heteroatoms. The van der Waals surface area contributed by atoms with Crippen LogP contribution in [0.5, 0.6) is 0 Å². The van der Waals surface area contributed by atoms with E-state index in [-0.39, 0.29) is 22.4 Å². The second-order valence-corrected chi connectivity index (χ2v) is 4.62. The van der Waals surface area contributed by atoms with Crippen molar-refractivity contribution in [3.8, 4) is 0 Å². The number of nitrogens with one attached hydrogen (secondary N) is 2. The van der Waals surface area contributed by atoms with Crippen LogP contribution in [0.4, 0.5) is 5.82 Å². The molecule has 1 aliphatic heterocycles. The van der Waals surface area contributed by atoms with Gasteiger partial charge in [-0.1, -0.05) is 11.6 Å². The average molecular weight is 271 g/mol. The van der Waals surface area contributed by atoms with E-state index in [0.717, 1.165) is 12.8 Å². The van der Waals surface area contributed by atoms with Crippen molar-refractivity contribution in [2.24, 2.45) is 5.92 Å². The fourth-order valence-corrected chi connectivity index (χ4v) is 2.37. The van der Waals surface area contributed by atoms with Crippen molar-refractivity contribution in [1.82, 2.24) is 15.3 Å². The molecule has 0 aliphatic carbocycles. The maximum atomic E-state index is 11.5. The van der Waals surface area contributed by atoms with Gasteiger partial charge in [0.15, 0.2) is 5.82 Å². The van der Waals surface area contributed by atoms with Crippen molar-refractivity contribution in [3.63, 3.8) is 0 Å². The van der Waals surface area contributed by atoms with E-state index in [1.54, 1.807) is 7.05 Å². The fourth-order valence-electron chi connectivity index (χ4n) is 2.15. The van der Waals surface area contributed by atoms with Gasteiger partial charge in [0.25, 0.3) is 5.56 Å². The zero-order chi connectivity index (χ0) is 13.1. The van der Waals surface area contributed by atoms with E-state index < -0.39 is 0 Å². The van der Waals surface area contributed by atoms with Crippen molar-refractivity contribution >= 4 is 23.3 Å². The third-order valence-electron chi connectivity index (χ3n) is 3.19. The number of carbonyl (C=O) groups is 1. The Labute approximate surface area is 109 Å². The van der Waals surface area contributed by atoms with Crippen molar-refractivity contribution < 1.29 is 4.79 Å². The summed E-state index contributed by atoms with van der Waals surface area (Å²) in [5.74, 6) is 0.599. The minimum absolute atomic E-state index is 0.0343. The minimum atomic E-state index is -0.338. The number of aromatic nitrogens is 2. The third kappa shape index (κ3) is 2.48. The number of rotatable bonds is 2. The zero-order valence-corrected chi connectivity index (χ0v) is 10.8. The highest BCUT2D eigenvalue weighted by Crippen LogP contribution is 2.25. The van der Waals surface area contributed by atoms with Gasteiger partial charge >= 0.3 is 0 Å². The Balaban J connectivity index is 2.08. The first-order valence-electron chi connectivity index (χ1n) is 5.83. The third-order valence-corrected chi connectivity index (χ3v) is 3.53. The van der Waals surface area contributed by atoms with E-state index in [4.69, 9.17) is 11.6 Å². The van der Waals surface area contributed by atoms with Crippen LogP contribution in [0.3, 0.4) is 0 Å². The monoisotopic (exact) mass is 270 g/mol. The molecule has 98 valence electrons. The van der Waals surface area contributed by atoms with Gasteiger partial charge in [-0.3, -0.25) is 9.59 Å². The molecule has 2 N–H and O–H groups in total. The molecule has 0 spiro atoms. The first kappa shape index (κ1) is 12.9. The van der Waals surface area contributed by atoms with E-state index in [1.165, 1.54) is 6.33 Å². The van der Waals surface area contributed by atoms with Crippen LogP contribution in [-0.2, 0) is 4.79 Å². The standard InChI is InChI=1S/C11H15ClN4O2/c1-13-10(17)7-2-4-16(5-3-7)9-8(12)11(18)15-6-14-9/h6-7H,2-5H2,1H3,(H,13,17)(H,14,15,18). The molecule has 0 aromatic carbocycles. The van der Waals surface area contributed by atoms with Crippen LogP contribution in [0, 0.1) is 5.92 Å². The number of hydrogen-bond acceptors (Lipinski definition) is 4. The van der Waals surface area contributed by atoms with E-state index in [0.29, 0.717) is 18.9 Å². The highest BCUT2D eigenvalue weighted by atomic mass is 35.5. The quantitative estimate of drug-likeness (QED) is 0.815. The number of nitrogens with zero attached hydrogens (tertiary/aromatic N) is 2. The molecule has 1 aliphatic rings. The van der Waals surface area contributed by atoms with Crippen LogP contribution >= 0.6 is 11.6 Å². The van der Waals surface area contributed by atoms with Gasteiger partial charge in [0.2, 0.25) is 5.91 Å². The Morgan fingerprint density at radius 2 is 2.22 bits per heavy atom. The van der Waals surface area contributed by atoms with Crippen molar-refractivity contribution in [3.05, 3.63) is 21.7 Å². The summed E-state index contributed by atoms with van der Waals surface area (Å²) in [6, 6.07) is 0. The number of H-pyrrole nitrogens is 1. The first-order chi connectivity index (χ1) is 8.63. The smallest absolute Gasteiger partial charge is 0.271 e. The van der Waals surface area contributed by atoms with Gasteiger partial charge in [-0.05, 0) is 12.8 Å². The van der Waals surface area contributed by atoms with Crippen LogP contribution in [-0.4, -0.2) is 36.0 Å². The van der Waals surface area contributed by atoms with Gasteiger partial charge in [-0.2, -0.15) is 0 Å². The number of aromatic amines is 1. The summed E-state index contributed by atoms with van der Waals surface area (Å²) in [6.07, 6.45) is 2.82. The molecule has 1 saturated heterocycles. The van der Waals surface area contributed by atoms with E-state index in [1.807, 2.05) is 4.90 Å². The number of carbonyl (C=O) groups excluding carboxylic acids is 1. The summed E-state index contributed by atoms with van der Waals surface area (Å²) in [5.41, 5.74) is -0.338. The van der Waals surface area contributed by atoms with Gasteiger partial charge in [0, 0.05) is 26.1 Å². The average Bonchev–Trinajstić information content (AvgIpc) is 2.41. The summed E-state index contributed by atoms with van der Waals surface area (Å²) in [7, 11) is 1.64. The largest absolute Gasteiger partial charge is 0.359 e. The van der Waals surface area contributed by atoms with Crippen molar-refractivity contribution in [2.45, 2.75) is 12.8 Å². The van der Waals surface area contributed by atoms with Crippen molar-refractivity contribution in [1.29, 1.82) is 0 Å². The molecule has 0 unspecified atom stereocenters. The normalized spacial score (nSPS) is 16.7. The molecule has 1 fully saturated rings. The predicted octanol–water partition coefficient (Wildman–Crippen LogP) is 0.386. The Hall–Kier alpha value is -1.56. The predicted molar refractivity (Wildman–Crippen MR) is 68.9 cm³/mol. The number of piperidine rings is 1. The number of halogens is 1. The van der Waals surface area contributed by atoms with E-state index in [2.05, 4.69) is 15.3 Å². The summed E-state index contributed by atoms with van der Waals surface area (Å²) in [4.78, 5) is 31.3. The topological polar surface area (TPSA) is 78.1 Å². The summed E-state index contributed by atoms with van der Waals surface area (Å²) < 4.78 is 0. The highest BCUT2D eigenvalue weighted by Gasteiger charge is 2.26. The Morgan fingerprint density at radius 1 is 1.56 bits per heavy atom. The van der Waals surface area contributed by atoms with Crippen LogP contribution in [0.2, 0.25) is 5.02 Å². The molecule has 18 heavy (non-hydrogen) atoms. The van der Waals surface area contributed by atoms with Gasteiger partial charge in [0.05, 0.1) is 6.33 Å². The second kappa shape index (κ2) is 5.39. The summed E-state index contributed by atoms with van der Waals surface area (Å²) in [5, 5.41) is 2.76. The lowest BCUT2D eigenvalue weighted by Gasteiger charge is -2.32. The molecule has 2 rings (SSSR count). The van der Waals surface area contributed by atoms with Crippen LogP contribution in [0.25, 0.3) is 0 Å². The van der Waals surface area contributed by atoms with Crippen molar-refractivity contribution in [2.75, 3.05) is 25.0 Å². The summed E-state index contributed by atoms with van der Waals surface area (Å²) in [6.45, 7) is 1.35. The Bertz CT molecular complexity index is 494. The molecule has 0 saturated carbocycles. The maximum Gasteiger partial charge on any atom is 0.271 e. The van der Waals surface area contributed by atoms with Gasteiger partial charge in [0.1, 0.15) is 5.02 Å². The van der Waals surface area contributed by atoms with Gasteiger partial charge in [-0.25, -0.2) is 4.98 Å². The molecule has 0 atom stereocenters. The van der Waals surface area contributed by atoms with E-state index in [9.17, 15) is 9.59 Å². The Kier molecular flexibility index (Phi) is 3.86. The molecule has 0 bridgehead atoms. The lowest BCUT2D eigenvalue weighted by molar-refractivity contribution is -0.125. The minimum Gasteiger partial charge on any atom is -0.359 e. The molecule has 6 nitrogen and oxygen atoms in total. The molecule has 1 aromatic rings. The lowest BCUT2D eigenvalue weighted by Crippen LogP contribution is -2.40. The number of hydrogen-bond donors (Lipinski definition) is 2. The number of anilines is 1. The summed E-state index contributed by atoms with van der Waals surface area (Å²) >= 11 is 5.93. The second-order valence-electron chi connectivity index (χ2n) is 4.24. The first-order valence-corrected chi connectivity index (χ1v) is 6.21. The molecule has 2 heterocycles. The van der Waals surface area contributed by atoms with Crippen LogP contribution in [0.1, 0.15) is 12.8 Å².